The summed E-state index contributed by atoms with van der Waals surface area (Å²) in [5, 5.41) is 3.79. The van der Waals surface area contributed by atoms with Crippen LogP contribution >= 0.6 is 0 Å². The molecule has 1 aliphatic heterocycles. The third-order valence-corrected chi connectivity index (χ3v) is 9.70. The summed E-state index contributed by atoms with van der Waals surface area (Å²) in [6.45, 7) is 9.33. The monoisotopic (exact) mass is 563 g/mol. The van der Waals surface area contributed by atoms with Crippen molar-refractivity contribution < 1.29 is 0 Å². The van der Waals surface area contributed by atoms with Gasteiger partial charge in [-0.3, -0.25) is 0 Å². The Morgan fingerprint density at radius 3 is 2.70 bits per heavy atom. The van der Waals surface area contributed by atoms with Gasteiger partial charge in [0, 0.05) is 40.9 Å². The summed E-state index contributed by atoms with van der Waals surface area (Å²) < 4.78 is 2.46. The molecule has 43 heavy (non-hydrogen) atoms. The molecule has 2 aromatic carbocycles. The van der Waals surface area contributed by atoms with E-state index in [9.17, 15) is 0 Å². The van der Waals surface area contributed by atoms with Gasteiger partial charge in [-0.15, -0.1) is 0 Å². The van der Waals surface area contributed by atoms with Crippen molar-refractivity contribution in [2.45, 2.75) is 45.1 Å². The van der Waals surface area contributed by atoms with Crippen LogP contribution in [0.4, 0.5) is 5.69 Å². The fraction of sp³-hybridized carbons (Fsp3) is 0.250. The Labute approximate surface area is 256 Å². The third kappa shape index (κ3) is 4.82. The van der Waals surface area contributed by atoms with Gasteiger partial charge >= 0.3 is 0 Å². The number of hydrogen-bond donors (Lipinski definition) is 2. The van der Waals surface area contributed by atoms with E-state index in [0.717, 1.165) is 19.3 Å². The van der Waals surface area contributed by atoms with E-state index >= 15 is 0 Å². The molecule has 216 valence electrons. The van der Waals surface area contributed by atoms with Crippen LogP contribution in [0.25, 0.3) is 35.2 Å². The largest absolute Gasteiger partial charge is 0.378 e. The molecule has 4 unspecified atom stereocenters. The van der Waals surface area contributed by atoms with Crippen LogP contribution < -0.4 is 11.1 Å². The fourth-order valence-corrected chi connectivity index (χ4v) is 7.46. The minimum absolute atomic E-state index is 0.299. The highest BCUT2D eigenvalue weighted by Crippen LogP contribution is 2.44. The molecule has 4 aliphatic rings. The number of nitrogens with zero attached hydrogens (tertiary/aromatic N) is 1. The van der Waals surface area contributed by atoms with Crippen molar-refractivity contribution in [1.82, 2.24) is 4.57 Å². The Morgan fingerprint density at radius 2 is 1.93 bits per heavy atom. The van der Waals surface area contributed by atoms with Gasteiger partial charge in [-0.05, 0) is 84.2 Å². The topological polar surface area (TPSA) is 43.0 Å². The molecule has 0 spiro atoms. The zero-order valence-electron chi connectivity index (χ0n) is 25.3. The van der Waals surface area contributed by atoms with Crippen LogP contribution in [0, 0.1) is 11.8 Å². The van der Waals surface area contributed by atoms with Crippen LogP contribution in [0.15, 0.2) is 103 Å². The van der Waals surface area contributed by atoms with Crippen molar-refractivity contribution in [2.75, 3.05) is 11.9 Å². The van der Waals surface area contributed by atoms with E-state index in [4.69, 9.17) is 5.73 Å². The normalized spacial score (nSPS) is 23.7. The molecule has 3 heteroatoms. The first-order valence-corrected chi connectivity index (χ1v) is 15.8. The molecule has 3 aliphatic carbocycles. The van der Waals surface area contributed by atoms with Crippen LogP contribution in [0.1, 0.15) is 59.7 Å². The quantitative estimate of drug-likeness (QED) is 0.314. The maximum atomic E-state index is 5.82. The minimum Gasteiger partial charge on any atom is -0.378 e. The number of fused-ring (bicyclic) bond motifs is 4. The molecular formula is C40H41N3. The molecular weight excluding hydrogens is 522 g/mol. The molecule has 4 atom stereocenters. The van der Waals surface area contributed by atoms with E-state index in [1.807, 2.05) is 6.08 Å². The molecule has 7 rings (SSSR count). The van der Waals surface area contributed by atoms with Gasteiger partial charge in [0.25, 0.3) is 0 Å². The minimum atomic E-state index is 0.299. The van der Waals surface area contributed by atoms with Crippen LogP contribution in [0.2, 0.25) is 0 Å². The highest BCUT2D eigenvalue weighted by atomic mass is 15.0. The molecule has 1 aromatic heterocycles. The first-order valence-electron chi connectivity index (χ1n) is 15.8. The number of aryl methyl sites for hydroxylation is 1. The second-order valence-electron chi connectivity index (χ2n) is 12.3. The molecule has 0 amide bonds. The number of allylic oxidation sites excluding steroid dienone is 6. The molecule has 0 saturated carbocycles. The Balaban J connectivity index is 1.18. The summed E-state index contributed by atoms with van der Waals surface area (Å²) in [5.41, 5.74) is 20.1. The van der Waals surface area contributed by atoms with E-state index in [2.05, 4.69) is 134 Å². The van der Waals surface area contributed by atoms with E-state index in [0.29, 0.717) is 30.3 Å². The van der Waals surface area contributed by atoms with Gasteiger partial charge in [-0.2, -0.15) is 0 Å². The third-order valence-electron chi connectivity index (χ3n) is 9.70. The molecule has 3 aromatic rings. The molecule has 2 heterocycles. The van der Waals surface area contributed by atoms with Gasteiger partial charge in [0.1, 0.15) is 0 Å². The van der Waals surface area contributed by atoms with E-state index in [1.54, 1.807) is 0 Å². The summed E-state index contributed by atoms with van der Waals surface area (Å²) >= 11 is 0. The van der Waals surface area contributed by atoms with Crippen molar-refractivity contribution in [3.05, 3.63) is 137 Å². The van der Waals surface area contributed by atoms with Crippen LogP contribution in [-0.4, -0.2) is 17.2 Å². The van der Waals surface area contributed by atoms with Crippen molar-refractivity contribution in [3.63, 3.8) is 0 Å². The Morgan fingerprint density at radius 1 is 1.05 bits per heavy atom. The van der Waals surface area contributed by atoms with Crippen molar-refractivity contribution in [2.24, 2.45) is 17.6 Å². The molecule has 0 fully saturated rings. The summed E-state index contributed by atoms with van der Waals surface area (Å²) in [6.07, 6.45) is 28.2. The highest BCUT2D eigenvalue weighted by Gasteiger charge is 2.29. The Hall–Kier alpha value is -4.34. The van der Waals surface area contributed by atoms with Crippen LogP contribution in [0.5, 0.6) is 0 Å². The van der Waals surface area contributed by atoms with Gasteiger partial charge in [-0.25, -0.2) is 0 Å². The lowest BCUT2D eigenvalue weighted by Crippen LogP contribution is -2.29. The number of nitrogens with one attached hydrogen (secondary N) is 1. The molecule has 3 nitrogen and oxygen atoms in total. The van der Waals surface area contributed by atoms with E-state index in [1.165, 1.54) is 61.7 Å². The number of rotatable bonds is 6. The fourth-order valence-electron chi connectivity index (χ4n) is 7.46. The second-order valence-corrected chi connectivity index (χ2v) is 12.3. The SMILES string of the molecule is C=Cc1c(/C=C\C)c2c(n1C1=CC(C)C(c3ccc4c(c3)C=CC(C3C=CC(CN)=CC3)N4)C=C1)-c1ccccc1CC2. The number of hydrogen-bond acceptors (Lipinski definition) is 2. The second kappa shape index (κ2) is 11.4. The standard InChI is InChI=1S/C40H41N3/c1-4-8-35-36-19-15-28-9-6-7-10-34(28)40(36)43(39(35)5-2)32-18-20-33(26(3)23-32)30-16-21-38-31(24-30)17-22-37(42-38)29-13-11-27(25-41)12-14-29/h4-13,16-18,20-24,26,29,33,37,42H,2,14-15,19,25,41H2,1,3H3/b8-4-. The summed E-state index contributed by atoms with van der Waals surface area (Å²) in [7, 11) is 0. The number of nitrogens with two attached hydrogens (primary N) is 1. The zero-order valence-corrected chi connectivity index (χ0v) is 25.3. The smallest absolute Gasteiger partial charge is 0.0575 e. The van der Waals surface area contributed by atoms with Gasteiger partial charge < -0.3 is 15.6 Å². The number of benzene rings is 2. The lowest BCUT2D eigenvalue weighted by atomic mass is 9.82. The highest BCUT2D eigenvalue weighted by molar-refractivity contribution is 5.85. The van der Waals surface area contributed by atoms with Crippen molar-refractivity contribution in [1.29, 1.82) is 0 Å². The van der Waals surface area contributed by atoms with Gasteiger partial charge in [0.05, 0.1) is 17.4 Å². The number of anilines is 1. The van der Waals surface area contributed by atoms with Crippen molar-refractivity contribution in [3.8, 4) is 11.3 Å². The first-order chi connectivity index (χ1) is 21.1. The Kier molecular flexibility index (Phi) is 7.28. The molecule has 0 saturated heterocycles. The predicted octanol–water partition coefficient (Wildman–Crippen LogP) is 9.03. The lowest BCUT2D eigenvalue weighted by Gasteiger charge is -2.30. The molecule has 0 radical (unpaired) electrons. The lowest BCUT2D eigenvalue weighted by molar-refractivity contribution is 0.603. The average molecular weight is 564 g/mol. The van der Waals surface area contributed by atoms with E-state index in [-0.39, 0.29) is 0 Å². The summed E-state index contributed by atoms with van der Waals surface area (Å²) in [4.78, 5) is 0. The average Bonchev–Trinajstić information content (AvgIpc) is 3.38. The summed E-state index contributed by atoms with van der Waals surface area (Å²) in [5.74, 6) is 1.12. The zero-order chi connectivity index (χ0) is 29.5. The Bertz CT molecular complexity index is 1770. The van der Waals surface area contributed by atoms with Crippen molar-refractivity contribution >= 4 is 29.6 Å². The van der Waals surface area contributed by atoms with Gasteiger partial charge in [0.2, 0.25) is 0 Å². The molecule has 3 N–H and O–H groups in total. The van der Waals surface area contributed by atoms with Crippen LogP contribution in [0.3, 0.4) is 0 Å². The van der Waals surface area contributed by atoms with Gasteiger partial charge in [-0.1, -0.05) is 98.5 Å². The first kappa shape index (κ1) is 27.5. The van der Waals surface area contributed by atoms with E-state index < -0.39 is 0 Å². The maximum Gasteiger partial charge on any atom is 0.0575 e. The van der Waals surface area contributed by atoms with Crippen LogP contribution in [-0.2, 0) is 12.8 Å². The summed E-state index contributed by atoms with van der Waals surface area (Å²) in [6, 6.07) is 16.1. The predicted molar refractivity (Wildman–Crippen MR) is 185 cm³/mol. The maximum absolute atomic E-state index is 5.82. The molecule has 0 bridgehead atoms. The van der Waals surface area contributed by atoms with Gasteiger partial charge in [0.15, 0.2) is 0 Å². The number of aromatic nitrogens is 1.